The number of ether oxygens (including phenoxy) is 1. The van der Waals surface area contributed by atoms with Crippen LogP contribution < -0.4 is 15.8 Å². The maximum Gasteiger partial charge on any atom is 0.372 e. The monoisotopic (exact) mass is 418 g/mol. The van der Waals surface area contributed by atoms with E-state index >= 15 is 0 Å². The van der Waals surface area contributed by atoms with E-state index in [2.05, 4.69) is 0 Å². The van der Waals surface area contributed by atoms with Crippen molar-refractivity contribution in [1.82, 2.24) is 0 Å². The zero-order chi connectivity index (χ0) is 21.7. The van der Waals surface area contributed by atoms with Gasteiger partial charge in [-0.1, -0.05) is 43.7 Å². The van der Waals surface area contributed by atoms with Gasteiger partial charge in [-0.2, -0.15) is 4.39 Å². The van der Waals surface area contributed by atoms with Gasteiger partial charge in [0.2, 0.25) is 5.82 Å². The van der Waals surface area contributed by atoms with Crippen molar-refractivity contribution in [2.75, 3.05) is 0 Å². The summed E-state index contributed by atoms with van der Waals surface area (Å²) in [6.07, 6.45) is 4.16. The molecule has 0 aliphatic carbocycles. The van der Waals surface area contributed by atoms with Crippen LogP contribution >= 0.6 is 0 Å². The smallest absolute Gasteiger partial charge is 0.372 e. The van der Waals surface area contributed by atoms with Crippen molar-refractivity contribution in [1.29, 1.82) is 0 Å². The molecule has 5 rings (SSSR count). The minimum absolute atomic E-state index is 0.000498. The SMILES string of the molecule is CCCc1c(F)c(=O)oc2c1c1c(c3oc(C)cc(=O)c32)C=CC(c2ccccc2)O1. The highest BCUT2D eigenvalue weighted by atomic mass is 19.1. The van der Waals surface area contributed by atoms with Gasteiger partial charge in [0.05, 0.1) is 10.9 Å². The molecule has 156 valence electrons. The summed E-state index contributed by atoms with van der Waals surface area (Å²) in [4.78, 5) is 25.1. The molecule has 6 heteroatoms. The molecule has 1 atom stereocenters. The van der Waals surface area contributed by atoms with Crippen molar-refractivity contribution in [3.05, 3.63) is 91.4 Å². The van der Waals surface area contributed by atoms with Crippen LogP contribution in [-0.2, 0) is 6.42 Å². The van der Waals surface area contributed by atoms with E-state index < -0.39 is 17.5 Å². The second-order valence-electron chi connectivity index (χ2n) is 7.61. The largest absolute Gasteiger partial charge is 0.480 e. The van der Waals surface area contributed by atoms with E-state index in [0.29, 0.717) is 35.3 Å². The van der Waals surface area contributed by atoms with E-state index in [1.165, 1.54) is 6.07 Å². The maximum atomic E-state index is 14.9. The lowest BCUT2D eigenvalue weighted by Crippen LogP contribution is -2.15. The number of aryl methyl sites for hydroxylation is 2. The summed E-state index contributed by atoms with van der Waals surface area (Å²) in [6.45, 7) is 3.56. The van der Waals surface area contributed by atoms with Crippen molar-refractivity contribution in [3.8, 4) is 5.75 Å². The Balaban J connectivity index is 1.94. The van der Waals surface area contributed by atoms with Crippen LogP contribution in [0.25, 0.3) is 28.0 Å². The summed E-state index contributed by atoms with van der Waals surface area (Å²) in [5.74, 6) is -0.198. The summed E-state index contributed by atoms with van der Waals surface area (Å²) in [6, 6.07) is 10.9. The van der Waals surface area contributed by atoms with Crippen LogP contribution in [0.3, 0.4) is 0 Å². The van der Waals surface area contributed by atoms with Gasteiger partial charge < -0.3 is 13.6 Å². The zero-order valence-corrected chi connectivity index (χ0v) is 17.0. The lowest BCUT2D eigenvalue weighted by molar-refractivity contribution is 0.254. The lowest BCUT2D eigenvalue weighted by Gasteiger charge is -2.25. The van der Waals surface area contributed by atoms with Crippen LogP contribution in [0.4, 0.5) is 4.39 Å². The quantitative estimate of drug-likeness (QED) is 0.327. The molecule has 3 heterocycles. The molecule has 0 saturated carbocycles. The summed E-state index contributed by atoms with van der Waals surface area (Å²) < 4.78 is 32.4. The summed E-state index contributed by atoms with van der Waals surface area (Å²) in [5.41, 5.74) is 0.422. The summed E-state index contributed by atoms with van der Waals surface area (Å²) >= 11 is 0. The molecule has 31 heavy (non-hydrogen) atoms. The van der Waals surface area contributed by atoms with Gasteiger partial charge in [-0.15, -0.1) is 0 Å². The van der Waals surface area contributed by atoms with Gasteiger partial charge in [0.15, 0.2) is 16.6 Å². The van der Waals surface area contributed by atoms with E-state index in [0.717, 1.165) is 5.56 Å². The molecule has 0 radical (unpaired) electrons. The normalized spacial score (nSPS) is 15.3. The predicted molar refractivity (Wildman–Crippen MR) is 116 cm³/mol. The Morgan fingerprint density at radius 1 is 1.03 bits per heavy atom. The van der Waals surface area contributed by atoms with Crippen LogP contribution in [0.5, 0.6) is 5.75 Å². The minimum atomic E-state index is -1.11. The van der Waals surface area contributed by atoms with E-state index in [1.807, 2.05) is 49.4 Å². The highest BCUT2D eigenvalue weighted by Crippen LogP contribution is 2.44. The number of halogens is 1. The molecule has 1 aliphatic heterocycles. The molecule has 2 aromatic heterocycles. The van der Waals surface area contributed by atoms with Gasteiger partial charge in [-0.3, -0.25) is 4.79 Å². The molecule has 5 nitrogen and oxygen atoms in total. The van der Waals surface area contributed by atoms with Gasteiger partial charge in [-0.25, -0.2) is 4.79 Å². The molecule has 0 fully saturated rings. The Morgan fingerprint density at radius 3 is 2.55 bits per heavy atom. The average molecular weight is 418 g/mol. The number of benzene rings is 2. The number of fused-ring (bicyclic) bond motifs is 6. The van der Waals surface area contributed by atoms with Crippen molar-refractivity contribution in [2.45, 2.75) is 32.8 Å². The first-order valence-electron chi connectivity index (χ1n) is 10.1. The third-order valence-corrected chi connectivity index (χ3v) is 5.49. The van der Waals surface area contributed by atoms with E-state index in [1.54, 1.807) is 6.92 Å². The summed E-state index contributed by atoms with van der Waals surface area (Å²) in [5, 5.41) is 0.420. The van der Waals surface area contributed by atoms with E-state index in [9.17, 15) is 14.0 Å². The minimum Gasteiger partial charge on any atom is -0.480 e. The first kappa shape index (κ1) is 19.3. The fourth-order valence-electron chi connectivity index (χ4n) is 4.16. The Labute approximate surface area is 176 Å². The molecule has 0 N–H and O–H groups in total. The van der Waals surface area contributed by atoms with Crippen LogP contribution in [0.15, 0.2) is 60.9 Å². The Morgan fingerprint density at radius 2 is 1.81 bits per heavy atom. The first-order chi connectivity index (χ1) is 15.0. The Kier molecular flexibility index (Phi) is 4.50. The van der Waals surface area contributed by atoms with Gasteiger partial charge in [-0.05, 0) is 31.1 Å². The second kappa shape index (κ2) is 7.23. The number of hydrogen-bond acceptors (Lipinski definition) is 5. The van der Waals surface area contributed by atoms with Crippen molar-refractivity contribution in [3.63, 3.8) is 0 Å². The van der Waals surface area contributed by atoms with E-state index in [-0.39, 0.29) is 27.5 Å². The Hall–Kier alpha value is -3.67. The number of rotatable bonds is 3. The second-order valence-corrected chi connectivity index (χ2v) is 7.61. The van der Waals surface area contributed by atoms with Crippen LogP contribution in [-0.4, -0.2) is 0 Å². The van der Waals surface area contributed by atoms with Crippen LogP contribution in [0.2, 0.25) is 0 Å². The maximum absolute atomic E-state index is 14.9. The zero-order valence-electron chi connectivity index (χ0n) is 17.0. The van der Waals surface area contributed by atoms with Crippen molar-refractivity contribution in [2.24, 2.45) is 0 Å². The Bertz CT molecular complexity index is 1480. The fourth-order valence-corrected chi connectivity index (χ4v) is 4.16. The first-order valence-corrected chi connectivity index (χ1v) is 10.1. The van der Waals surface area contributed by atoms with Gasteiger partial charge in [0, 0.05) is 11.6 Å². The molecular formula is C25H19FO5. The molecule has 0 saturated heterocycles. The van der Waals surface area contributed by atoms with Crippen molar-refractivity contribution < 1.29 is 18.0 Å². The molecule has 0 bridgehead atoms. The molecule has 2 aromatic carbocycles. The van der Waals surface area contributed by atoms with Crippen molar-refractivity contribution >= 4 is 28.0 Å². The van der Waals surface area contributed by atoms with Crippen LogP contribution in [0, 0.1) is 12.7 Å². The molecule has 1 unspecified atom stereocenters. The molecular weight excluding hydrogens is 399 g/mol. The van der Waals surface area contributed by atoms with E-state index in [4.69, 9.17) is 13.6 Å². The average Bonchev–Trinajstić information content (AvgIpc) is 2.76. The highest BCUT2D eigenvalue weighted by molar-refractivity contribution is 6.10. The lowest BCUT2D eigenvalue weighted by atomic mass is 9.95. The predicted octanol–water partition coefficient (Wildman–Crippen LogP) is 5.45. The molecule has 4 aromatic rings. The van der Waals surface area contributed by atoms with Gasteiger partial charge in [0.25, 0.3) is 0 Å². The number of hydrogen-bond donors (Lipinski definition) is 0. The third-order valence-electron chi connectivity index (χ3n) is 5.49. The molecule has 1 aliphatic rings. The fraction of sp³-hybridized carbons (Fsp3) is 0.200. The van der Waals surface area contributed by atoms with Crippen LogP contribution in [0.1, 0.15) is 41.9 Å². The summed E-state index contributed by atoms with van der Waals surface area (Å²) in [7, 11) is 0. The molecule has 0 amide bonds. The molecule has 0 spiro atoms. The van der Waals surface area contributed by atoms with Gasteiger partial charge >= 0.3 is 5.63 Å². The standard InChI is InChI=1S/C25H19FO5/c1-3-7-15-19-22-16(10-11-18(30-22)14-8-5-4-6-9-14)23-20(17(27)12-13(2)29-23)24(19)31-25(28)21(15)26/h4-6,8-12,18H,3,7H2,1-2H3. The third kappa shape index (κ3) is 2.98. The van der Waals surface area contributed by atoms with Gasteiger partial charge in [0.1, 0.15) is 23.0 Å². The highest BCUT2D eigenvalue weighted by Gasteiger charge is 2.29. The topological polar surface area (TPSA) is 69.7 Å².